The van der Waals surface area contributed by atoms with E-state index in [1.54, 1.807) is 0 Å². The zero-order valence-electron chi connectivity index (χ0n) is 14.7. The summed E-state index contributed by atoms with van der Waals surface area (Å²) in [5, 5.41) is 0. The summed E-state index contributed by atoms with van der Waals surface area (Å²) < 4.78 is 5.85. The Morgan fingerprint density at radius 1 is 1.15 bits per heavy atom. The van der Waals surface area contributed by atoms with E-state index in [9.17, 15) is 4.79 Å². The van der Waals surface area contributed by atoms with Gasteiger partial charge in [-0.3, -0.25) is 9.69 Å². The van der Waals surface area contributed by atoms with Gasteiger partial charge in [0, 0.05) is 18.7 Å². The maximum atomic E-state index is 12.0. The van der Waals surface area contributed by atoms with Crippen molar-refractivity contribution in [2.24, 2.45) is 5.73 Å². The molecule has 1 aliphatic heterocycles. The van der Waals surface area contributed by atoms with Crippen molar-refractivity contribution in [1.29, 1.82) is 0 Å². The molecule has 4 rings (SSSR count). The predicted molar refractivity (Wildman–Crippen MR) is 99.1 cm³/mol. The summed E-state index contributed by atoms with van der Waals surface area (Å²) in [4.78, 5) is 18.8. The molecule has 2 aromatic carbocycles. The van der Waals surface area contributed by atoms with Gasteiger partial charge < -0.3 is 10.2 Å². The molecule has 0 saturated carbocycles. The summed E-state index contributed by atoms with van der Waals surface area (Å²) in [5.41, 5.74) is 9.88. The van der Waals surface area contributed by atoms with Crippen LogP contribution in [0.2, 0.25) is 0 Å². The minimum Gasteiger partial charge on any atom is -0.441 e. The van der Waals surface area contributed by atoms with Crippen LogP contribution >= 0.6 is 0 Å². The number of fused-ring (bicyclic) bond motifs is 1. The number of amides is 1. The van der Waals surface area contributed by atoms with Crippen molar-refractivity contribution in [3.05, 3.63) is 77.2 Å². The summed E-state index contributed by atoms with van der Waals surface area (Å²) in [6.07, 6.45) is 0.633. The molecule has 0 saturated heterocycles. The number of benzene rings is 2. The van der Waals surface area contributed by atoms with Gasteiger partial charge in [0.15, 0.2) is 0 Å². The van der Waals surface area contributed by atoms with Crippen molar-refractivity contribution in [2.75, 3.05) is 0 Å². The molecule has 0 bridgehead atoms. The summed E-state index contributed by atoms with van der Waals surface area (Å²) in [7, 11) is 0. The van der Waals surface area contributed by atoms with Crippen molar-refractivity contribution in [3.63, 3.8) is 0 Å². The van der Waals surface area contributed by atoms with Crippen LogP contribution in [-0.4, -0.2) is 21.8 Å². The highest BCUT2D eigenvalue weighted by molar-refractivity contribution is 5.80. The molecule has 0 spiro atoms. The number of carbonyl (C=O) groups is 1. The number of nitrogens with two attached hydrogens (primary N) is 1. The van der Waals surface area contributed by atoms with Crippen LogP contribution < -0.4 is 5.73 Å². The van der Waals surface area contributed by atoms with Crippen LogP contribution in [0.15, 0.2) is 59.0 Å². The van der Waals surface area contributed by atoms with Crippen LogP contribution in [0.5, 0.6) is 0 Å². The predicted octanol–water partition coefficient (Wildman–Crippen LogP) is 3.06. The van der Waals surface area contributed by atoms with Gasteiger partial charge in [-0.05, 0) is 36.6 Å². The zero-order valence-corrected chi connectivity index (χ0v) is 14.7. The molecular formula is C21H21N3O2. The summed E-state index contributed by atoms with van der Waals surface area (Å²) >= 11 is 0. The summed E-state index contributed by atoms with van der Waals surface area (Å²) in [5.74, 6) is 1.07. The van der Waals surface area contributed by atoms with Gasteiger partial charge in [-0.1, -0.05) is 42.5 Å². The Bertz CT molecular complexity index is 933. The normalized spacial score (nSPS) is 17.0. The largest absolute Gasteiger partial charge is 0.441 e. The van der Waals surface area contributed by atoms with Gasteiger partial charge in [0.05, 0.1) is 11.7 Å². The Hall–Kier alpha value is -2.92. The number of nitrogens with zero attached hydrogens (tertiary/aromatic N) is 2. The maximum Gasteiger partial charge on any atom is 0.235 e. The molecule has 5 heteroatoms. The molecule has 5 nitrogen and oxygen atoms in total. The number of hydrogen-bond acceptors (Lipinski definition) is 4. The summed E-state index contributed by atoms with van der Waals surface area (Å²) in [6, 6.07) is 17.7. The van der Waals surface area contributed by atoms with E-state index in [1.165, 1.54) is 11.1 Å². The van der Waals surface area contributed by atoms with E-state index in [0.29, 0.717) is 25.4 Å². The first-order valence-electron chi connectivity index (χ1n) is 8.73. The molecular weight excluding hydrogens is 326 g/mol. The maximum absolute atomic E-state index is 12.0. The molecule has 1 atom stereocenters. The van der Waals surface area contributed by atoms with Crippen molar-refractivity contribution < 1.29 is 9.21 Å². The number of rotatable bonds is 4. The van der Waals surface area contributed by atoms with Crippen molar-refractivity contribution in [2.45, 2.75) is 32.5 Å². The first-order valence-corrected chi connectivity index (χ1v) is 8.73. The first-order chi connectivity index (χ1) is 12.6. The Labute approximate surface area is 152 Å². The standard InChI is InChI=1S/C21H21N3O2/c1-14-18(23-21(26-14)15-7-3-2-4-8-15)13-24-12-17-10-6-5-9-16(17)11-19(24)20(22)25/h2-10,19H,11-13H2,1H3,(H2,22,25). The summed E-state index contributed by atoms with van der Waals surface area (Å²) in [6.45, 7) is 3.12. The lowest BCUT2D eigenvalue weighted by atomic mass is 9.93. The number of oxazole rings is 1. The average Bonchev–Trinajstić information content (AvgIpc) is 3.02. The number of aromatic nitrogens is 1. The fourth-order valence-electron chi connectivity index (χ4n) is 3.50. The number of hydrogen-bond donors (Lipinski definition) is 1. The van der Waals surface area contributed by atoms with E-state index in [0.717, 1.165) is 17.0 Å². The molecule has 132 valence electrons. The second-order valence-corrected chi connectivity index (χ2v) is 6.68. The Kier molecular flexibility index (Phi) is 4.31. The highest BCUT2D eigenvalue weighted by Crippen LogP contribution is 2.27. The molecule has 1 unspecified atom stereocenters. The van der Waals surface area contributed by atoms with E-state index < -0.39 is 0 Å². The van der Waals surface area contributed by atoms with Crippen LogP contribution in [-0.2, 0) is 24.3 Å². The zero-order chi connectivity index (χ0) is 18.1. The SMILES string of the molecule is Cc1oc(-c2ccccc2)nc1CN1Cc2ccccc2CC1C(N)=O. The van der Waals surface area contributed by atoms with Crippen LogP contribution in [0.3, 0.4) is 0 Å². The Morgan fingerprint density at radius 3 is 2.58 bits per heavy atom. The highest BCUT2D eigenvalue weighted by Gasteiger charge is 2.31. The van der Waals surface area contributed by atoms with Crippen molar-refractivity contribution in [3.8, 4) is 11.5 Å². The lowest BCUT2D eigenvalue weighted by Crippen LogP contribution is -2.48. The van der Waals surface area contributed by atoms with Crippen molar-refractivity contribution >= 4 is 5.91 Å². The fraction of sp³-hybridized carbons (Fsp3) is 0.238. The molecule has 0 radical (unpaired) electrons. The van der Waals surface area contributed by atoms with Crippen LogP contribution in [0.25, 0.3) is 11.5 Å². The lowest BCUT2D eigenvalue weighted by molar-refractivity contribution is -0.124. The quantitative estimate of drug-likeness (QED) is 0.787. The third-order valence-corrected chi connectivity index (χ3v) is 4.94. The van der Waals surface area contributed by atoms with Gasteiger partial charge in [-0.15, -0.1) is 0 Å². The number of carbonyl (C=O) groups excluding carboxylic acids is 1. The van der Waals surface area contributed by atoms with Gasteiger partial charge in [0.1, 0.15) is 5.76 Å². The molecule has 26 heavy (non-hydrogen) atoms. The van der Waals surface area contributed by atoms with Crippen LogP contribution in [0.4, 0.5) is 0 Å². The average molecular weight is 347 g/mol. The Morgan fingerprint density at radius 2 is 1.85 bits per heavy atom. The molecule has 0 aliphatic carbocycles. The third-order valence-electron chi connectivity index (χ3n) is 4.94. The second-order valence-electron chi connectivity index (χ2n) is 6.68. The molecule has 0 fully saturated rings. The van der Waals surface area contributed by atoms with Gasteiger partial charge in [-0.25, -0.2) is 4.98 Å². The van der Waals surface area contributed by atoms with E-state index in [-0.39, 0.29) is 11.9 Å². The van der Waals surface area contributed by atoms with E-state index in [2.05, 4.69) is 22.0 Å². The van der Waals surface area contributed by atoms with E-state index >= 15 is 0 Å². The topological polar surface area (TPSA) is 72.4 Å². The van der Waals surface area contributed by atoms with Gasteiger partial charge >= 0.3 is 0 Å². The monoisotopic (exact) mass is 347 g/mol. The first kappa shape index (κ1) is 16.5. The minimum atomic E-state index is -0.332. The van der Waals surface area contributed by atoms with Crippen LogP contribution in [0, 0.1) is 6.92 Å². The molecule has 1 amide bonds. The van der Waals surface area contributed by atoms with Crippen molar-refractivity contribution in [1.82, 2.24) is 9.88 Å². The molecule has 2 heterocycles. The number of aryl methyl sites for hydroxylation is 1. The van der Waals surface area contributed by atoms with E-state index in [1.807, 2.05) is 49.4 Å². The van der Waals surface area contributed by atoms with Gasteiger partial charge in [-0.2, -0.15) is 0 Å². The van der Waals surface area contributed by atoms with Gasteiger partial charge in [0.2, 0.25) is 11.8 Å². The highest BCUT2D eigenvalue weighted by atomic mass is 16.4. The Balaban J connectivity index is 1.62. The number of primary amides is 1. The molecule has 1 aliphatic rings. The lowest BCUT2D eigenvalue weighted by Gasteiger charge is -2.34. The molecule has 1 aromatic heterocycles. The fourth-order valence-corrected chi connectivity index (χ4v) is 3.50. The smallest absolute Gasteiger partial charge is 0.235 e. The minimum absolute atomic E-state index is 0.302. The third kappa shape index (κ3) is 3.13. The van der Waals surface area contributed by atoms with E-state index in [4.69, 9.17) is 10.2 Å². The molecule has 3 aromatic rings. The van der Waals surface area contributed by atoms with Crippen LogP contribution in [0.1, 0.15) is 22.6 Å². The second kappa shape index (κ2) is 6.77. The molecule has 2 N–H and O–H groups in total. The van der Waals surface area contributed by atoms with Gasteiger partial charge in [0.25, 0.3) is 0 Å².